The van der Waals surface area contributed by atoms with Crippen molar-refractivity contribution in [2.45, 2.75) is 19.9 Å². The van der Waals surface area contributed by atoms with Crippen molar-refractivity contribution in [3.05, 3.63) is 93.5 Å². The molecule has 1 atom stereocenters. The molecule has 0 saturated heterocycles. The van der Waals surface area contributed by atoms with Gasteiger partial charge in [-0.1, -0.05) is 30.3 Å². The van der Waals surface area contributed by atoms with Gasteiger partial charge in [-0.25, -0.2) is 14.4 Å². The third kappa shape index (κ3) is 3.93. The van der Waals surface area contributed by atoms with E-state index >= 15 is 0 Å². The molecule has 0 bridgehead atoms. The van der Waals surface area contributed by atoms with Gasteiger partial charge < -0.3 is 10.4 Å². The van der Waals surface area contributed by atoms with Crippen molar-refractivity contribution in [2.75, 3.05) is 5.32 Å². The van der Waals surface area contributed by atoms with Gasteiger partial charge in [0.1, 0.15) is 22.9 Å². The van der Waals surface area contributed by atoms with Gasteiger partial charge >= 0.3 is 0 Å². The smallest absolute Gasteiger partial charge is 0.147 e. The highest BCUT2D eigenvalue weighted by atomic mass is 79.9. The minimum atomic E-state index is -0.509. The van der Waals surface area contributed by atoms with Crippen LogP contribution in [-0.4, -0.2) is 15.1 Å². The van der Waals surface area contributed by atoms with Gasteiger partial charge in [0.2, 0.25) is 0 Å². The molecule has 29 heavy (non-hydrogen) atoms. The van der Waals surface area contributed by atoms with Crippen molar-refractivity contribution in [3.63, 3.8) is 0 Å². The number of aryl methyl sites for hydroxylation is 2. The first kappa shape index (κ1) is 19.3. The zero-order valence-electron chi connectivity index (χ0n) is 15.9. The Morgan fingerprint density at radius 2 is 1.86 bits per heavy atom. The summed E-state index contributed by atoms with van der Waals surface area (Å²) in [6.45, 7) is 3.84. The molecule has 2 aromatic heterocycles. The number of nitrogens with one attached hydrogen (secondary N) is 1. The number of anilines is 1. The first-order valence-electron chi connectivity index (χ1n) is 9.16. The molecule has 0 spiro atoms. The molecule has 4 aromatic rings. The maximum atomic E-state index is 14.0. The molecule has 0 amide bonds. The minimum Gasteiger partial charge on any atom is -0.505 e. The van der Waals surface area contributed by atoms with E-state index in [2.05, 4.69) is 31.2 Å². The SMILES string of the molecule is Cc1ccc2ccc(C(Nc3cc(C)c(Br)cn3)c3cccc(F)c3)c(O)c2n1. The number of phenolic OH excluding ortho intramolecular Hbond substituents is 1. The number of rotatable bonds is 4. The van der Waals surface area contributed by atoms with Gasteiger partial charge in [-0.2, -0.15) is 0 Å². The van der Waals surface area contributed by atoms with Crippen LogP contribution in [0, 0.1) is 19.7 Å². The third-order valence-electron chi connectivity index (χ3n) is 4.84. The Bertz CT molecular complexity index is 1210. The molecular formula is C23H19BrFN3O. The fourth-order valence-corrected chi connectivity index (χ4v) is 3.53. The second kappa shape index (κ2) is 7.79. The van der Waals surface area contributed by atoms with E-state index in [4.69, 9.17) is 0 Å². The summed E-state index contributed by atoms with van der Waals surface area (Å²) in [5.74, 6) is 0.349. The number of nitrogens with zero attached hydrogens (tertiary/aromatic N) is 2. The van der Waals surface area contributed by atoms with Crippen LogP contribution in [0.3, 0.4) is 0 Å². The second-order valence-corrected chi connectivity index (χ2v) is 7.83. The average Bonchev–Trinajstić information content (AvgIpc) is 2.70. The average molecular weight is 452 g/mol. The number of hydrogen-bond donors (Lipinski definition) is 2. The molecule has 2 aromatic carbocycles. The molecule has 1 unspecified atom stereocenters. The van der Waals surface area contributed by atoms with E-state index in [1.165, 1.54) is 12.1 Å². The topological polar surface area (TPSA) is 58.0 Å². The lowest BCUT2D eigenvalue weighted by Gasteiger charge is -2.22. The molecule has 0 saturated carbocycles. The van der Waals surface area contributed by atoms with Gasteiger partial charge in [0.05, 0.1) is 6.04 Å². The molecule has 0 aliphatic carbocycles. The number of fused-ring (bicyclic) bond motifs is 1. The Labute approximate surface area is 176 Å². The molecule has 0 fully saturated rings. The number of hydrogen-bond acceptors (Lipinski definition) is 4. The molecule has 4 rings (SSSR count). The standard InChI is InChI=1S/C23H19BrFN3O/c1-13-10-20(26-12-19(13)24)28-21(16-4-3-5-17(25)11-16)18-9-8-15-7-6-14(2)27-22(15)23(18)29/h3-12,21,29H,1-2H3,(H,26,28). The molecular weight excluding hydrogens is 433 g/mol. The fourth-order valence-electron chi connectivity index (χ4n) is 3.31. The summed E-state index contributed by atoms with van der Waals surface area (Å²) in [4.78, 5) is 8.90. The van der Waals surface area contributed by atoms with E-state index in [9.17, 15) is 9.50 Å². The number of halogens is 2. The van der Waals surface area contributed by atoms with Crippen molar-refractivity contribution >= 4 is 32.7 Å². The highest BCUT2D eigenvalue weighted by Gasteiger charge is 2.21. The highest BCUT2D eigenvalue weighted by Crippen LogP contribution is 2.36. The van der Waals surface area contributed by atoms with Gasteiger partial charge in [0, 0.05) is 27.3 Å². The van der Waals surface area contributed by atoms with Crippen LogP contribution < -0.4 is 5.32 Å². The van der Waals surface area contributed by atoms with Gasteiger partial charge in [0.25, 0.3) is 0 Å². The monoisotopic (exact) mass is 451 g/mol. The van der Waals surface area contributed by atoms with Crippen LogP contribution in [0.2, 0.25) is 0 Å². The molecule has 0 aliphatic heterocycles. The van der Waals surface area contributed by atoms with Crippen molar-refractivity contribution in [1.82, 2.24) is 9.97 Å². The van der Waals surface area contributed by atoms with E-state index in [-0.39, 0.29) is 11.6 Å². The first-order valence-corrected chi connectivity index (χ1v) is 9.95. The van der Waals surface area contributed by atoms with Gasteiger partial charge in [0.15, 0.2) is 0 Å². The van der Waals surface area contributed by atoms with Crippen molar-refractivity contribution < 1.29 is 9.50 Å². The van der Waals surface area contributed by atoms with Crippen LogP contribution in [0.15, 0.2) is 65.3 Å². The van der Waals surface area contributed by atoms with Crippen LogP contribution in [-0.2, 0) is 0 Å². The molecule has 2 N–H and O–H groups in total. The normalized spacial score (nSPS) is 12.1. The van der Waals surface area contributed by atoms with E-state index in [1.807, 2.05) is 50.2 Å². The van der Waals surface area contributed by atoms with Gasteiger partial charge in [-0.3, -0.25) is 0 Å². The summed E-state index contributed by atoms with van der Waals surface area (Å²) in [7, 11) is 0. The maximum Gasteiger partial charge on any atom is 0.147 e. The quantitative estimate of drug-likeness (QED) is 0.396. The summed E-state index contributed by atoms with van der Waals surface area (Å²) in [6, 6.07) is 15.3. The Balaban J connectivity index is 1.87. The lowest BCUT2D eigenvalue weighted by atomic mass is 9.96. The maximum absolute atomic E-state index is 14.0. The number of aromatic nitrogens is 2. The van der Waals surface area contributed by atoms with Crippen LogP contribution >= 0.6 is 15.9 Å². The van der Waals surface area contributed by atoms with Crippen LogP contribution in [0.25, 0.3) is 10.9 Å². The summed E-state index contributed by atoms with van der Waals surface area (Å²) in [6.07, 6.45) is 1.71. The lowest BCUT2D eigenvalue weighted by Crippen LogP contribution is -2.14. The molecule has 0 aliphatic rings. The Morgan fingerprint density at radius 3 is 2.62 bits per heavy atom. The summed E-state index contributed by atoms with van der Waals surface area (Å²) < 4.78 is 14.9. The van der Waals surface area contributed by atoms with Crippen molar-refractivity contribution in [1.29, 1.82) is 0 Å². The minimum absolute atomic E-state index is 0.0711. The summed E-state index contributed by atoms with van der Waals surface area (Å²) in [5, 5.41) is 15.2. The summed E-state index contributed by atoms with van der Waals surface area (Å²) >= 11 is 3.45. The van der Waals surface area contributed by atoms with Gasteiger partial charge in [-0.15, -0.1) is 0 Å². The lowest BCUT2D eigenvalue weighted by molar-refractivity contribution is 0.471. The largest absolute Gasteiger partial charge is 0.505 e. The zero-order valence-corrected chi connectivity index (χ0v) is 17.5. The molecule has 146 valence electrons. The zero-order chi connectivity index (χ0) is 20.5. The van der Waals surface area contributed by atoms with Crippen LogP contribution in [0.4, 0.5) is 10.2 Å². The van der Waals surface area contributed by atoms with Crippen molar-refractivity contribution in [3.8, 4) is 5.75 Å². The van der Waals surface area contributed by atoms with E-state index in [0.717, 1.165) is 21.1 Å². The molecule has 6 heteroatoms. The Morgan fingerprint density at radius 1 is 1.07 bits per heavy atom. The number of aromatic hydroxyl groups is 1. The molecule has 4 nitrogen and oxygen atoms in total. The van der Waals surface area contributed by atoms with Gasteiger partial charge in [-0.05, 0) is 65.2 Å². The number of benzene rings is 2. The van der Waals surface area contributed by atoms with Crippen LogP contribution in [0.1, 0.15) is 28.4 Å². The van der Waals surface area contributed by atoms with Crippen molar-refractivity contribution in [2.24, 2.45) is 0 Å². The Kier molecular flexibility index (Phi) is 5.20. The van der Waals surface area contributed by atoms with E-state index < -0.39 is 6.04 Å². The van der Waals surface area contributed by atoms with Crippen LogP contribution in [0.5, 0.6) is 5.75 Å². The second-order valence-electron chi connectivity index (χ2n) is 6.98. The fraction of sp³-hybridized carbons (Fsp3) is 0.130. The van der Waals surface area contributed by atoms with E-state index in [1.54, 1.807) is 12.3 Å². The molecule has 2 heterocycles. The highest BCUT2D eigenvalue weighted by molar-refractivity contribution is 9.10. The summed E-state index contributed by atoms with van der Waals surface area (Å²) in [5.41, 5.74) is 3.62. The predicted octanol–water partition coefficient (Wildman–Crippen LogP) is 6.06. The third-order valence-corrected chi connectivity index (χ3v) is 5.67. The predicted molar refractivity (Wildman–Crippen MR) is 117 cm³/mol. The number of phenols is 1. The molecule has 0 radical (unpaired) electrons. The van der Waals surface area contributed by atoms with E-state index in [0.29, 0.717) is 22.5 Å². The first-order chi connectivity index (χ1) is 13.9. The number of pyridine rings is 2. The Hall–Kier alpha value is -2.99.